The van der Waals surface area contributed by atoms with Crippen LogP contribution in [0.15, 0.2) is 30.6 Å². The average Bonchev–Trinajstić information content (AvgIpc) is 3.04. The summed E-state index contributed by atoms with van der Waals surface area (Å²) in [6.45, 7) is 4.00. The number of fused-ring (bicyclic) bond motifs is 1. The molecular weight excluding hydrogens is 302 g/mol. The van der Waals surface area contributed by atoms with Gasteiger partial charge >= 0.3 is 0 Å². The van der Waals surface area contributed by atoms with Crippen LogP contribution in [0.25, 0.3) is 11.0 Å². The third kappa shape index (κ3) is 3.12. The van der Waals surface area contributed by atoms with E-state index in [4.69, 9.17) is 11.6 Å². The Morgan fingerprint density at radius 1 is 1.50 bits per heavy atom. The molecule has 0 saturated heterocycles. The Balaban J connectivity index is 1.69. The van der Waals surface area contributed by atoms with Crippen molar-refractivity contribution in [1.29, 1.82) is 0 Å². The highest BCUT2D eigenvalue weighted by Crippen LogP contribution is 2.19. The molecule has 1 atom stereocenters. The maximum Gasteiger partial charge on any atom is 0.242 e. The zero-order valence-corrected chi connectivity index (χ0v) is 13.1. The molecule has 0 saturated carbocycles. The van der Waals surface area contributed by atoms with Gasteiger partial charge in [-0.1, -0.05) is 11.6 Å². The smallest absolute Gasteiger partial charge is 0.242 e. The van der Waals surface area contributed by atoms with E-state index < -0.39 is 0 Å². The molecular formula is C15H16ClN5O. The number of aromatic amines is 1. The molecule has 2 heterocycles. The largest absolute Gasteiger partial charge is 0.345 e. The number of imidazole rings is 1. The summed E-state index contributed by atoms with van der Waals surface area (Å²) in [5.41, 5.74) is 2.70. The number of nitrogens with one attached hydrogen (secondary N) is 2. The zero-order valence-electron chi connectivity index (χ0n) is 12.3. The van der Waals surface area contributed by atoms with E-state index in [1.807, 2.05) is 32.2 Å². The summed E-state index contributed by atoms with van der Waals surface area (Å²) in [5.74, 6) is 0.580. The second kappa shape index (κ2) is 5.81. The van der Waals surface area contributed by atoms with Crippen molar-refractivity contribution >= 4 is 28.5 Å². The van der Waals surface area contributed by atoms with E-state index in [1.54, 1.807) is 16.9 Å². The molecule has 1 unspecified atom stereocenters. The van der Waals surface area contributed by atoms with Crippen LogP contribution >= 0.6 is 11.6 Å². The van der Waals surface area contributed by atoms with Crippen molar-refractivity contribution in [2.24, 2.45) is 0 Å². The topological polar surface area (TPSA) is 75.6 Å². The fraction of sp³-hybridized carbons (Fsp3) is 0.267. The van der Waals surface area contributed by atoms with Gasteiger partial charge in [0.05, 0.1) is 23.3 Å². The minimum absolute atomic E-state index is 0.117. The third-order valence-corrected chi connectivity index (χ3v) is 3.55. The van der Waals surface area contributed by atoms with Crippen molar-refractivity contribution in [2.45, 2.75) is 26.4 Å². The molecule has 7 heteroatoms. The third-order valence-electron chi connectivity index (χ3n) is 3.32. The van der Waals surface area contributed by atoms with E-state index in [-0.39, 0.29) is 18.5 Å². The summed E-state index contributed by atoms with van der Waals surface area (Å²) in [5, 5.41) is 7.65. The fourth-order valence-corrected chi connectivity index (χ4v) is 2.43. The van der Waals surface area contributed by atoms with Crippen LogP contribution in [0.1, 0.15) is 24.4 Å². The number of hydrogen-bond donors (Lipinski definition) is 2. The van der Waals surface area contributed by atoms with Crippen LogP contribution in [0.3, 0.4) is 0 Å². The van der Waals surface area contributed by atoms with Crippen LogP contribution in [0.2, 0.25) is 5.02 Å². The molecule has 3 rings (SSSR count). The van der Waals surface area contributed by atoms with Crippen LogP contribution in [-0.2, 0) is 11.3 Å². The number of rotatable bonds is 4. The predicted octanol–water partition coefficient (Wildman–Crippen LogP) is 2.60. The summed E-state index contributed by atoms with van der Waals surface area (Å²) in [4.78, 5) is 19.7. The van der Waals surface area contributed by atoms with Crippen LogP contribution < -0.4 is 5.32 Å². The molecule has 0 aliphatic heterocycles. The van der Waals surface area contributed by atoms with Gasteiger partial charge in [0.15, 0.2) is 0 Å². The minimum atomic E-state index is -0.227. The number of hydrogen-bond acceptors (Lipinski definition) is 3. The Morgan fingerprint density at radius 3 is 3.05 bits per heavy atom. The summed E-state index contributed by atoms with van der Waals surface area (Å²) < 4.78 is 1.61. The standard InChI is InChI=1S/C15H16ClN5O/c1-9-6-17-21(7-9)8-14(22)18-10(2)15-19-12-4-3-11(16)5-13(12)20-15/h3-7,10H,8H2,1-2H3,(H,18,22)(H,19,20). The number of aryl methyl sites for hydroxylation is 1. The highest BCUT2D eigenvalue weighted by Gasteiger charge is 2.14. The summed E-state index contributed by atoms with van der Waals surface area (Å²) in [6, 6.07) is 5.22. The predicted molar refractivity (Wildman–Crippen MR) is 84.6 cm³/mol. The van der Waals surface area contributed by atoms with E-state index in [1.165, 1.54) is 0 Å². The van der Waals surface area contributed by atoms with Crippen molar-refractivity contribution in [3.8, 4) is 0 Å². The first-order chi connectivity index (χ1) is 10.5. The van der Waals surface area contributed by atoms with Crippen molar-refractivity contribution in [1.82, 2.24) is 25.1 Å². The molecule has 0 spiro atoms. The first-order valence-corrected chi connectivity index (χ1v) is 7.32. The number of benzene rings is 1. The minimum Gasteiger partial charge on any atom is -0.345 e. The van der Waals surface area contributed by atoms with Gasteiger partial charge in [0, 0.05) is 11.2 Å². The van der Waals surface area contributed by atoms with E-state index in [2.05, 4.69) is 20.4 Å². The maximum atomic E-state index is 12.0. The molecule has 6 nitrogen and oxygen atoms in total. The second-order valence-electron chi connectivity index (χ2n) is 5.29. The lowest BCUT2D eigenvalue weighted by Gasteiger charge is -2.11. The molecule has 0 aliphatic carbocycles. The molecule has 1 amide bonds. The van der Waals surface area contributed by atoms with Gasteiger partial charge in [-0.2, -0.15) is 5.10 Å². The molecule has 0 bridgehead atoms. The maximum absolute atomic E-state index is 12.0. The van der Waals surface area contributed by atoms with E-state index in [0.717, 1.165) is 16.6 Å². The van der Waals surface area contributed by atoms with Gasteiger partial charge in [-0.25, -0.2) is 4.98 Å². The number of carbonyl (C=O) groups excluding carboxylic acids is 1. The van der Waals surface area contributed by atoms with E-state index in [0.29, 0.717) is 10.8 Å². The van der Waals surface area contributed by atoms with Gasteiger partial charge < -0.3 is 10.3 Å². The lowest BCUT2D eigenvalue weighted by atomic mass is 10.3. The van der Waals surface area contributed by atoms with Crippen molar-refractivity contribution in [3.05, 3.63) is 47.0 Å². The van der Waals surface area contributed by atoms with Crippen LogP contribution in [0.5, 0.6) is 0 Å². The summed E-state index contributed by atoms with van der Waals surface area (Å²) in [6.07, 6.45) is 3.55. The van der Waals surface area contributed by atoms with Gasteiger partial charge in [-0.3, -0.25) is 9.48 Å². The number of aromatic nitrogens is 4. The van der Waals surface area contributed by atoms with Crippen LogP contribution in [-0.4, -0.2) is 25.7 Å². The van der Waals surface area contributed by atoms with E-state index in [9.17, 15) is 4.79 Å². The molecule has 1 aromatic carbocycles. The molecule has 2 aromatic heterocycles. The monoisotopic (exact) mass is 317 g/mol. The lowest BCUT2D eigenvalue weighted by Crippen LogP contribution is -2.30. The van der Waals surface area contributed by atoms with Gasteiger partial charge in [0.2, 0.25) is 5.91 Å². The van der Waals surface area contributed by atoms with Crippen LogP contribution in [0.4, 0.5) is 0 Å². The highest BCUT2D eigenvalue weighted by molar-refractivity contribution is 6.31. The van der Waals surface area contributed by atoms with Gasteiger partial charge in [-0.15, -0.1) is 0 Å². The summed E-state index contributed by atoms with van der Waals surface area (Å²) >= 11 is 5.96. The Kier molecular flexibility index (Phi) is 3.85. The number of nitrogens with zero attached hydrogens (tertiary/aromatic N) is 3. The molecule has 22 heavy (non-hydrogen) atoms. The van der Waals surface area contributed by atoms with Crippen molar-refractivity contribution in [3.63, 3.8) is 0 Å². The number of carbonyl (C=O) groups is 1. The Morgan fingerprint density at radius 2 is 2.32 bits per heavy atom. The Bertz CT molecular complexity index is 822. The quantitative estimate of drug-likeness (QED) is 0.776. The number of amides is 1. The molecule has 0 fully saturated rings. The molecule has 0 aliphatic rings. The van der Waals surface area contributed by atoms with Crippen LogP contribution in [0, 0.1) is 6.92 Å². The average molecular weight is 318 g/mol. The Hall–Kier alpha value is -2.34. The highest BCUT2D eigenvalue weighted by atomic mass is 35.5. The lowest BCUT2D eigenvalue weighted by molar-refractivity contribution is -0.122. The van der Waals surface area contributed by atoms with Crippen molar-refractivity contribution < 1.29 is 4.79 Å². The zero-order chi connectivity index (χ0) is 15.7. The fourth-order valence-electron chi connectivity index (χ4n) is 2.26. The van der Waals surface area contributed by atoms with E-state index >= 15 is 0 Å². The molecule has 0 radical (unpaired) electrons. The SMILES string of the molecule is Cc1cnn(CC(=O)NC(C)c2nc3ccc(Cl)cc3[nH]2)c1. The van der Waals surface area contributed by atoms with Gasteiger partial charge in [0.1, 0.15) is 12.4 Å². The molecule has 114 valence electrons. The first kappa shape index (κ1) is 14.6. The molecule has 3 aromatic rings. The number of halogens is 1. The summed E-state index contributed by atoms with van der Waals surface area (Å²) in [7, 11) is 0. The number of H-pyrrole nitrogens is 1. The van der Waals surface area contributed by atoms with Gasteiger partial charge in [0.25, 0.3) is 0 Å². The van der Waals surface area contributed by atoms with Crippen molar-refractivity contribution in [2.75, 3.05) is 0 Å². The first-order valence-electron chi connectivity index (χ1n) is 6.95. The second-order valence-corrected chi connectivity index (χ2v) is 5.72. The van der Waals surface area contributed by atoms with Gasteiger partial charge in [-0.05, 0) is 37.6 Å². The Labute approximate surface area is 132 Å². The molecule has 2 N–H and O–H groups in total. The normalized spacial score (nSPS) is 12.5.